The number of benzene rings is 2. The zero-order valence-electron chi connectivity index (χ0n) is 21.8. The molecule has 1 aliphatic rings. The van der Waals surface area contributed by atoms with Crippen molar-refractivity contribution in [3.63, 3.8) is 0 Å². The third-order valence-corrected chi connectivity index (χ3v) is 6.90. The van der Waals surface area contributed by atoms with E-state index in [9.17, 15) is 31.9 Å². The minimum absolute atomic E-state index is 0.0636. The average molecular weight is 595 g/mol. The second-order valence-electron chi connectivity index (χ2n) is 9.60. The molecule has 1 aromatic heterocycles. The summed E-state index contributed by atoms with van der Waals surface area (Å²) in [4.78, 5) is 47.3. The van der Waals surface area contributed by atoms with Gasteiger partial charge in [0.05, 0.1) is 11.3 Å². The van der Waals surface area contributed by atoms with E-state index in [1.165, 1.54) is 24.9 Å². The van der Waals surface area contributed by atoms with Crippen molar-refractivity contribution in [3.8, 4) is 5.75 Å². The van der Waals surface area contributed by atoms with Crippen LogP contribution in [0.3, 0.4) is 0 Å². The van der Waals surface area contributed by atoms with E-state index in [1.54, 1.807) is 0 Å². The highest BCUT2D eigenvalue weighted by Gasteiger charge is 2.33. The molecular weight excluding hydrogens is 568 g/mol. The van der Waals surface area contributed by atoms with Crippen LogP contribution in [0.2, 0.25) is 5.02 Å². The molecule has 0 unspecified atom stereocenters. The predicted molar refractivity (Wildman–Crippen MR) is 143 cm³/mol. The summed E-state index contributed by atoms with van der Waals surface area (Å²) < 4.78 is 56.9. The van der Waals surface area contributed by atoms with Gasteiger partial charge in [0.1, 0.15) is 23.0 Å². The molecule has 0 spiro atoms. The Morgan fingerprint density at radius 1 is 1.05 bits per heavy atom. The number of nitrogens with one attached hydrogen (secondary N) is 2. The number of rotatable bonds is 11. The van der Waals surface area contributed by atoms with Crippen molar-refractivity contribution >= 4 is 34.8 Å². The van der Waals surface area contributed by atoms with Gasteiger partial charge in [-0.25, -0.2) is 9.37 Å². The molecule has 8 nitrogen and oxygen atoms in total. The van der Waals surface area contributed by atoms with Gasteiger partial charge in [0.15, 0.2) is 11.6 Å². The maximum absolute atomic E-state index is 13.3. The fourth-order valence-corrected chi connectivity index (χ4v) is 4.89. The smallest absolute Gasteiger partial charge is 0.405 e. The summed E-state index contributed by atoms with van der Waals surface area (Å²) in [6.07, 6.45) is -0.176. The molecule has 41 heavy (non-hydrogen) atoms. The van der Waals surface area contributed by atoms with Gasteiger partial charge in [-0.2, -0.15) is 0 Å². The molecule has 1 aliphatic heterocycles. The number of amides is 1. The summed E-state index contributed by atoms with van der Waals surface area (Å²) in [6.45, 7) is 2.76. The Morgan fingerprint density at radius 2 is 1.80 bits per heavy atom. The molecule has 0 bridgehead atoms. The monoisotopic (exact) mass is 594 g/mol. The molecule has 1 amide bonds. The fourth-order valence-electron chi connectivity index (χ4n) is 4.62. The summed E-state index contributed by atoms with van der Waals surface area (Å²) >= 11 is 5.91. The van der Waals surface area contributed by atoms with Crippen LogP contribution < -0.4 is 10.1 Å². The van der Waals surface area contributed by atoms with Gasteiger partial charge in [0, 0.05) is 35.7 Å². The van der Waals surface area contributed by atoms with E-state index in [0.29, 0.717) is 6.42 Å². The number of aromatic nitrogens is 2. The standard InChI is InChI=1S/C28H27ClF4N4O4/c29-21-14-18(30)7-9-20(21)23(39)13-17-6-8-19(15-24(17)41-28(31,32)33)36-27(40)26-25(34-16-35-26)22(38)5-4-12-37-10-2-1-3-11-37/h6-9,14-16H,1-5,10-13H2,(H,34,35)(H,36,40). The third-order valence-electron chi connectivity index (χ3n) is 6.59. The van der Waals surface area contributed by atoms with Crippen LogP contribution in [-0.2, 0) is 6.42 Å². The van der Waals surface area contributed by atoms with Crippen molar-refractivity contribution in [3.05, 3.63) is 76.1 Å². The van der Waals surface area contributed by atoms with E-state index in [2.05, 4.69) is 24.9 Å². The number of anilines is 1. The van der Waals surface area contributed by atoms with Crippen molar-refractivity contribution in [1.82, 2.24) is 14.9 Å². The summed E-state index contributed by atoms with van der Waals surface area (Å²) in [7, 11) is 0. The minimum Gasteiger partial charge on any atom is -0.405 e. The number of alkyl halides is 3. The number of carbonyl (C=O) groups excluding carboxylic acids is 3. The van der Waals surface area contributed by atoms with Gasteiger partial charge in [0.25, 0.3) is 5.91 Å². The number of piperidine rings is 1. The number of Topliss-reactive ketones (excluding diaryl/α,β-unsaturated/α-hetero) is 2. The van der Waals surface area contributed by atoms with E-state index in [0.717, 1.165) is 56.7 Å². The van der Waals surface area contributed by atoms with Gasteiger partial charge in [-0.3, -0.25) is 14.4 Å². The highest BCUT2D eigenvalue weighted by Crippen LogP contribution is 2.31. The number of hydrogen-bond acceptors (Lipinski definition) is 6. The van der Waals surface area contributed by atoms with Crippen LogP contribution in [0.25, 0.3) is 0 Å². The first-order valence-corrected chi connectivity index (χ1v) is 13.3. The van der Waals surface area contributed by atoms with E-state index < -0.39 is 36.0 Å². The van der Waals surface area contributed by atoms with E-state index in [1.807, 2.05) is 0 Å². The van der Waals surface area contributed by atoms with Crippen LogP contribution in [0.15, 0.2) is 42.7 Å². The maximum atomic E-state index is 13.3. The van der Waals surface area contributed by atoms with Crippen molar-refractivity contribution in [2.24, 2.45) is 0 Å². The van der Waals surface area contributed by atoms with Crippen LogP contribution in [0.4, 0.5) is 23.2 Å². The molecule has 1 saturated heterocycles. The normalized spacial score (nSPS) is 14.1. The first-order valence-electron chi connectivity index (χ1n) is 13.0. The van der Waals surface area contributed by atoms with E-state index in [4.69, 9.17) is 11.6 Å². The van der Waals surface area contributed by atoms with Crippen LogP contribution in [-0.4, -0.2) is 58.3 Å². The molecule has 0 atom stereocenters. The van der Waals surface area contributed by atoms with Crippen LogP contribution in [0.5, 0.6) is 5.75 Å². The molecule has 3 aromatic rings. The van der Waals surface area contributed by atoms with Crippen LogP contribution in [0.1, 0.15) is 69.0 Å². The van der Waals surface area contributed by atoms with Gasteiger partial charge in [0.2, 0.25) is 0 Å². The number of aromatic amines is 1. The van der Waals surface area contributed by atoms with Crippen LogP contribution >= 0.6 is 11.6 Å². The van der Waals surface area contributed by atoms with Crippen LogP contribution in [0, 0.1) is 5.82 Å². The van der Waals surface area contributed by atoms with Crippen molar-refractivity contribution in [2.45, 2.75) is 44.9 Å². The summed E-state index contributed by atoms with van der Waals surface area (Å²) in [5.74, 6) is -3.18. The van der Waals surface area contributed by atoms with E-state index in [-0.39, 0.29) is 45.4 Å². The number of halogens is 5. The molecule has 2 heterocycles. The maximum Gasteiger partial charge on any atom is 0.573 e. The topological polar surface area (TPSA) is 104 Å². The largest absolute Gasteiger partial charge is 0.573 e. The lowest BCUT2D eigenvalue weighted by Gasteiger charge is -2.26. The van der Waals surface area contributed by atoms with Gasteiger partial charge in [-0.05, 0) is 63.2 Å². The fraction of sp³-hybridized carbons (Fsp3) is 0.357. The quantitative estimate of drug-likeness (QED) is 0.202. The number of imidazole rings is 1. The zero-order valence-corrected chi connectivity index (χ0v) is 22.6. The Bertz CT molecular complexity index is 1420. The van der Waals surface area contributed by atoms with Gasteiger partial charge in [-0.15, -0.1) is 13.2 Å². The Hall–Kier alpha value is -3.77. The first-order chi connectivity index (χ1) is 19.5. The average Bonchev–Trinajstić information content (AvgIpc) is 3.40. The number of nitrogens with zero attached hydrogens (tertiary/aromatic N) is 2. The SMILES string of the molecule is O=C(Cc1ccc(NC(=O)c2[nH]cnc2C(=O)CCCN2CCCCC2)cc1OC(F)(F)F)c1ccc(F)cc1Cl. The number of H-pyrrole nitrogens is 1. The minimum atomic E-state index is -5.09. The van der Waals surface area contributed by atoms with E-state index >= 15 is 0 Å². The van der Waals surface area contributed by atoms with Crippen molar-refractivity contribution < 1.29 is 36.7 Å². The lowest BCUT2D eigenvalue weighted by atomic mass is 10.0. The highest BCUT2D eigenvalue weighted by atomic mass is 35.5. The number of ketones is 2. The number of likely N-dealkylation sites (tertiary alicyclic amines) is 1. The number of carbonyl (C=O) groups is 3. The van der Waals surface area contributed by atoms with Crippen molar-refractivity contribution in [1.29, 1.82) is 0 Å². The lowest BCUT2D eigenvalue weighted by Crippen LogP contribution is -2.30. The molecule has 218 valence electrons. The Kier molecular flexibility index (Phi) is 9.77. The molecule has 13 heteroatoms. The Balaban J connectivity index is 1.45. The Morgan fingerprint density at radius 3 is 2.51 bits per heavy atom. The molecule has 0 aliphatic carbocycles. The summed E-state index contributed by atoms with van der Waals surface area (Å²) in [5.41, 5.74) is -0.487. The molecule has 2 aromatic carbocycles. The van der Waals surface area contributed by atoms with Gasteiger partial charge in [-0.1, -0.05) is 24.1 Å². The zero-order chi connectivity index (χ0) is 29.6. The number of ether oxygens (including phenoxy) is 1. The highest BCUT2D eigenvalue weighted by molar-refractivity contribution is 6.34. The molecular formula is C28H27ClF4N4O4. The number of hydrogen-bond donors (Lipinski definition) is 2. The van der Waals surface area contributed by atoms with Gasteiger partial charge >= 0.3 is 6.36 Å². The molecule has 1 fully saturated rings. The molecule has 2 N–H and O–H groups in total. The third kappa shape index (κ3) is 8.37. The Labute approximate surface area is 238 Å². The molecule has 0 radical (unpaired) electrons. The van der Waals surface area contributed by atoms with Gasteiger partial charge < -0.3 is 19.9 Å². The molecule has 0 saturated carbocycles. The summed E-state index contributed by atoms with van der Waals surface area (Å²) in [6, 6.07) is 6.45. The first kappa shape index (κ1) is 30.2. The van der Waals surface area contributed by atoms with Crippen molar-refractivity contribution in [2.75, 3.05) is 25.0 Å². The lowest BCUT2D eigenvalue weighted by molar-refractivity contribution is -0.274. The second kappa shape index (κ2) is 13.3. The summed E-state index contributed by atoms with van der Waals surface area (Å²) in [5, 5.41) is 2.25. The molecule has 4 rings (SSSR count). The second-order valence-corrected chi connectivity index (χ2v) is 10.0. The predicted octanol–water partition coefficient (Wildman–Crippen LogP) is 6.23.